The number of unbranched alkanes of at least 4 members (excludes halogenated alkanes) is 3. The summed E-state index contributed by atoms with van der Waals surface area (Å²) < 4.78 is 25.2. The first-order chi connectivity index (χ1) is 10.9. The molecule has 0 heterocycles. The fraction of sp³-hybridized carbons (Fsp3) is 0.938. The highest BCUT2D eigenvalue weighted by atomic mass is 127. The number of hydrogen-bond donors (Lipinski definition) is 3. The Hall–Kier alpha value is -0.0900. The molecule has 0 saturated heterocycles. The van der Waals surface area contributed by atoms with Crippen LogP contribution in [0, 0.1) is 0 Å². The smallest absolute Gasteiger partial charge is 0.211 e. The van der Waals surface area contributed by atoms with Gasteiger partial charge in [0.2, 0.25) is 10.0 Å². The Bertz CT molecular complexity index is 416. The second-order valence-electron chi connectivity index (χ2n) is 5.81. The van der Waals surface area contributed by atoms with Gasteiger partial charge < -0.3 is 10.6 Å². The lowest BCUT2D eigenvalue weighted by Crippen LogP contribution is -2.42. The van der Waals surface area contributed by atoms with Crippen molar-refractivity contribution in [3.05, 3.63) is 0 Å². The normalized spacial score (nSPS) is 13.2. The Morgan fingerprint density at radius 1 is 1.08 bits per heavy atom. The van der Waals surface area contributed by atoms with Crippen LogP contribution in [0.5, 0.6) is 0 Å². The molecule has 3 N–H and O–H groups in total. The molecule has 0 rings (SSSR count). The second kappa shape index (κ2) is 16.4. The van der Waals surface area contributed by atoms with Crippen molar-refractivity contribution >= 4 is 40.0 Å². The number of guanidine groups is 1. The van der Waals surface area contributed by atoms with Gasteiger partial charge in [0.1, 0.15) is 0 Å². The highest BCUT2D eigenvalue weighted by Gasteiger charge is 2.06. The van der Waals surface area contributed by atoms with Crippen LogP contribution in [-0.2, 0) is 10.0 Å². The van der Waals surface area contributed by atoms with Crippen LogP contribution in [0.25, 0.3) is 0 Å². The molecule has 0 aromatic heterocycles. The van der Waals surface area contributed by atoms with Crippen molar-refractivity contribution in [1.29, 1.82) is 0 Å². The van der Waals surface area contributed by atoms with Gasteiger partial charge in [0, 0.05) is 25.7 Å². The van der Waals surface area contributed by atoms with E-state index in [1.807, 2.05) is 6.92 Å². The Morgan fingerprint density at radius 3 is 2.38 bits per heavy atom. The van der Waals surface area contributed by atoms with Crippen LogP contribution in [0.1, 0.15) is 66.2 Å². The fourth-order valence-corrected chi connectivity index (χ4v) is 2.76. The summed E-state index contributed by atoms with van der Waals surface area (Å²) in [5, 5.41) is 6.65. The monoisotopic (exact) mass is 476 g/mol. The summed E-state index contributed by atoms with van der Waals surface area (Å²) >= 11 is 0. The quantitative estimate of drug-likeness (QED) is 0.165. The fourth-order valence-electron chi connectivity index (χ4n) is 2.10. The molecule has 0 aliphatic rings. The largest absolute Gasteiger partial charge is 0.357 e. The molecular weight excluding hydrogens is 439 g/mol. The first kappa shape index (κ1) is 26.1. The molecule has 1 unspecified atom stereocenters. The van der Waals surface area contributed by atoms with Crippen molar-refractivity contribution in [2.24, 2.45) is 4.99 Å². The molecule has 8 heteroatoms. The minimum atomic E-state index is -3.09. The number of hydrogen-bond acceptors (Lipinski definition) is 3. The number of aliphatic imine (C=N–C) groups is 1. The van der Waals surface area contributed by atoms with Crippen LogP contribution in [-0.4, -0.2) is 45.8 Å². The summed E-state index contributed by atoms with van der Waals surface area (Å²) in [6.07, 6.45) is 6.91. The lowest BCUT2D eigenvalue weighted by Gasteiger charge is -2.17. The minimum Gasteiger partial charge on any atom is -0.357 e. The molecule has 0 spiro atoms. The van der Waals surface area contributed by atoms with Crippen LogP contribution >= 0.6 is 24.0 Å². The van der Waals surface area contributed by atoms with Gasteiger partial charge in [-0.3, -0.25) is 4.99 Å². The highest BCUT2D eigenvalue weighted by Crippen LogP contribution is 2.05. The van der Waals surface area contributed by atoms with E-state index >= 15 is 0 Å². The van der Waals surface area contributed by atoms with Crippen molar-refractivity contribution in [1.82, 2.24) is 15.4 Å². The van der Waals surface area contributed by atoms with Crippen molar-refractivity contribution in [3.8, 4) is 0 Å². The molecule has 0 aliphatic heterocycles. The summed E-state index contributed by atoms with van der Waals surface area (Å²) in [5.74, 6) is 0.935. The Labute approximate surface area is 166 Å². The maximum absolute atomic E-state index is 11.3. The van der Waals surface area contributed by atoms with Crippen molar-refractivity contribution in [2.75, 3.05) is 25.4 Å². The lowest BCUT2D eigenvalue weighted by molar-refractivity contribution is 0.537. The average Bonchev–Trinajstić information content (AvgIpc) is 2.51. The van der Waals surface area contributed by atoms with E-state index < -0.39 is 10.0 Å². The van der Waals surface area contributed by atoms with Crippen molar-refractivity contribution < 1.29 is 8.42 Å². The van der Waals surface area contributed by atoms with E-state index in [4.69, 9.17) is 0 Å². The molecule has 0 amide bonds. The van der Waals surface area contributed by atoms with Gasteiger partial charge in [-0.2, -0.15) is 0 Å². The molecule has 0 fully saturated rings. The van der Waals surface area contributed by atoms with Crippen molar-refractivity contribution in [3.63, 3.8) is 0 Å². The number of sulfonamides is 1. The summed E-state index contributed by atoms with van der Waals surface area (Å²) in [7, 11) is -3.09. The van der Waals surface area contributed by atoms with Gasteiger partial charge in [-0.15, -0.1) is 24.0 Å². The second-order valence-corrected chi connectivity index (χ2v) is 7.90. The molecule has 0 radical (unpaired) electrons. The van der Waals surface area contributed by atoms with Gasteiger partial charge >= 0.3 is 0 Å². The van der Waals surface area contributed by atoms with Crippen molar-refractivity contribution in [2.45, 2.75) is 72.3 Å². The van der Waals surface area contributed by atoms with Gasteiger partial charge in [-0.25, -0.2) is 13.1 Å². The average molecular weight is 476 g/mol. The van der Waals surface area contributed by atoms with Gasteiger partial charge in [-0.1, -0.05) is 32.6 Å². The van der Waals surface area contributed by atoms with Gasteiger partial charge in [-0.05, 0) is 33.6 Å². The number of halogens is 1. The number of nitrogens with zero attached hydrogens (tertiary/aromatic N) is 1. The zero-order valence-corrected chi connectivity index (χ0v) is 18.9. The molecule has 1 atom stereocenters. The number of nitrogens with one attached hydrogen (secondary N) is 3. The molecule has 0 aromatic rings. The Kier molecular flexibility index (Phi) is 17.8. The summed E-state index contributed by atoms with van der Waals surface area (Å²) in [6, 6.07) is 0.392. The molecule has 24 heavy (non-hydrogen) atoms. The third kappa shape index (κ3) is 15.4. The molecule has 0 aromatic carbocycles. The third-order valence-corrected chi connectivity index (χ3v) is 4.93. The zero-order chi connectivity index (χ0) is 17.6. The van der Waals surface area contributed by atoms with E-state index in [0.29, 0.717) is 25.6 Å². The molecule has 6 nitrogen and oxygen atoms in total. The first-order valence-electron chi connectivity index (χ1n) is 8.97. The van der Waals surface area contributed by atoms with E-state index in [9.17, 15) is 8.42 Å². The lowest BCUT2D eigenvalue weighted by atomic mass is 10.1. The van der Waals surface area contributed by atoms with E-state index in [2.05, 4.69) is 34.2 Å². The standard InChI is InChI=1S/C16H36N4O2S.HI/c1-5-8-9-10-12-15(4)20-16(17-6-2)18-13-11-14-19-23(21,22)7-3;/h15,19H,5-14H2,1-4H3,(H2,17,18,20);1H. The maximum Gasteiger partial charge on any atom is 0.211 e. The Morgan fingerprint density at radius 2 is 1.79 bits per heavy atom. The highest BCUT2D eigenvalue weighted by molar-refractivity contribution is 14.0. The van der Waals surface area contributed by atoms with Crippen LogP contribution in [0.15, 0.2) is 4.99 Å². The summed E-state index contributed by atoms with van der Waals surface area (Å²) in [4.78, 5) is 4.50. The summed E-state index contributed by atoms with van der Waals surface area (Å²) in [6.45, 7) is 9.92. The van der Waals surface area contributed by atoms with Gasteiger partial charge in [0.15, 0.2) is 5.96 Å². The SMILES string of the molecule is CCCCCCC(C)NC(=NCCCNS(=O)(=O)CC)NCC.I. The minimum absolute atomic E-state index is 0. The van der Waals surface area contributed by atoms with Crippen LogP contribution < -0.4 is 15.4 Å². The zero-order valence-electron chi connectivity index (χ0n) is 15.7. The predicted octanol–water partition coefficient (Wildman–Crippen LogP) is 2.85. The number of rotatable bonds is 13. The maximum atomic E-state index is 11.3. The van der Waals surface area contributed by atoms with Crippen LogP contribution in [0.3, 0.4) is 0 Å². The molecular formula is C16H37IN4O2S. The topological polar surface area (TPSA) is 82.6 Å². The third-order valence-electron chi connectivity index (χ3n) is 3.52. The van der Waals surface area contributed by atoms with E-state index in [0.717, 1.165) is 18.9 Å². The van der Waals surface area contributed by atoms with Gasteiger partial charge in [0.25, 0.3) is 0 Å². The van der Waals surface area contributed by atoms with Gasteiger partial charge in [0.05, 0.1) is 5.75 Å². The van der Waals surface area contributed by atoms with E-state index in [-0.39, 0.29) is 29.7 Å². The van der Waals surface area contributed by atoms with Crippen LogP contribution in [0.2, 0.25) is 0 Å². The molecule has 0 bridgehead atoms. The van der Waals surface area contributed by atoms with E-state index in [1.165, 1.54) is 25.7 Å². The van der Waals surface area contributed by atoms with E-state index in [1.54, 1.807) is 6.92 Å². The predicted molar refractivity (Wildman–Crippen MR) is 115 cm³/mol. The Balaban J connectivity index is 0. The molecule has 0 aliphatic carbocycles. The first-order valence-corrected chi connectivity index (χ1v) is 10.6. The summed E-state index contributed by atoms with van der Waals surface area (Å²) in [5.41, 5.74) is 0. The molecule has 0 saturated carbocycles. The van der Waals surface area contributed by atoms with Crippen LogP contribution in [0.4, 0.5) is 0 Å². The molecule has 146 valence electrons.